The molecular weight excluding hydrogens is 302 g/mol. The first-order valence-corrected chi connectivity index (χ1v) is 8.14. The monoisotopic (exact) mass is 325 g/mol. The van der Waals surface area contributed by atoms with Crippen LogP contribution >= 0.6 is 0 Å². The van der Waals surface area contributed by atoms with Gasteiger partial charge in [-0.1, -0.05) is 61.5 Å². The summed E-state index contributed by atoms with van der Waals surface area (Å²) >= 11 is 0. The molecule has 24 heavy (non-hydrogen) atoms. The summed E-state index contributed by atoms with van der Waals surface area (Å²) in [5, 5.41) is 2.78. The van der Waals surface area contributed by atoms with E-state index in [0.717, 1.165) is 16.7 Å². The van der Waals surface area contributed by atoms with E-state index in [1.165, 1.54) is 0 Å². The van der Waals surface area contributed by atoms with Crippen LogP contribution in [0.4, 0.5) is 0 Å². The molecule has 0 saturated heterocycles. The first kappa shape index (κ1) is 17.7. The van der Waals surface area contributed by atoms with Crippen molar-refractivity contribution in [3.05, 3.63) is 71.3 Å². The van der Waals surface area contributed by atoms with Gasteiger partial charge in [0, 0.05) is 6.54 Å². The smallest absolute Gasteiger partial charge is 0.313 e. The molecule has 4 heteroatoms. The van der Waals surface area contributed by atoms with E-state index in [1.54, 1.807) is 0 Å². The number of esters is 1. The molecule has 0 spiro atoms. The maximum atomic E-state index is 12.2. The van der Waals surface area contributed by atoms with Crippen molar-refractivity contribution in [3.63, 3.8) is 0 Å². The standard InChI is InChI=1S/C20H23NO3/c1-3-18(16-10-5-4-6-11-16)20(23)24-14-19(22)21-13-17-12-8-7-9-15(17)2/h4-12,18H,3,13-14H2,1-2H3,(H,21,22)/t18-/m0/s1. The van der Waals surface area contributed by atoms with Crippen LogP contribution in [-0.2, 0) is 20.9 Å². The predicted molar refractivity (Wildman–Crippen MR) is 93.5 cm³/mol. The summed E-state index contributed by atoms with van der Waals surface area (Å²) in [4.78, 5) is 24.1. The van der Waals surface area contributed by atoms with E-state index in [4.69, 9.17) is 4.74 Å². The fourth-order valence-corrected chi connectivity index (χ4v) is 2.51. The maximum absolute atomic E-state index is 12.2. The van der Waals surface area contributed by atoms with Crippen LogP contribution in [0.3, 0.4) is 0 Å². The zero-order chi connectivity index (χ0) is 17.4. The summed E-state index contributed by atoms with van der Waals surface area (Å²) < 4.78 is 5.18. The summed E-state index contributed by atoms with van der Waals surface area (Å²) in [6.07, 6.45) is 0.633. The summed E-state index contributed by atoms with van der Waals surface area (Å²) in [6.45, 7) is 4.09. The molecular formula is C20H23NO3. The molecule has 0 bridgehead atoms. The van der Waals surface area contributed by atoms with Gasteiger partial charge in [0.1, 0.15) is 0 Å². The molecule has 0 heterocycles. The Bertz CT molecular complexity index is 682. The summed E-state index contributed by atoms with van der Waals surface area (Å²) in [6, 6.07) is 17.3. The molecule has 2 rings (SSSR count). The van der Waals surface area contributed by atoms with Crippen molar-refractivity contribution in [1.29, 1.82) is 0 Å². The van der Waals surface area contributed by atoms with Crippen LogP contribution < -0.4 is 5.32 Å². The molecule has 0 aromatic heterocycles. The van der Waals surface area contributed by atoms with Gasteiger partial charge < -0.3 is 10.1 Å². The summed E-state index contributed by atoms with van der Waals surface area (Å²) in [5.74, 6) is -1.00. The van der Waals surface area contributed by atoms with Crippen LogP contribution in [0.1, 0.15) is 36.0 Å². The van der Waals surface area contributed by atoms with Crippen molar-refractivity contribution in [1.82, 2.24) is 5.32 Å². The Balaban J connectivity index is 1.82. The van der Waals surface area contributed by atoms with Crippen LogP contribution in [0, 0.1) is 6.92 Å². The quantitative estimate of drug-likeness (QED) is 0.794. The van der Waals surface area contributed by atoms with Gasteiger partial charge in [-0.2, -0.15) is 0 Å². The SMILES string of the molecule is CC[C@H](C(=O)OCC(=O)NCc1ccccc1C)c1ccccc1. The van der Waals surface area contributed by atoms with Crippen molar-refractivity contribution < 1.29 is 14.3 Å². The van der Waals surface area contributed by atoms with Crippen LogP contribution in [0.5, 0.6) is 0 Å². The average Bonchev–Trinajstić information content (AvgIpc) is 2.61. The number of ether oxygens (including phenoxy) is 1. The molecule has 0 aliphatic carbocycles. The molecule has 2 aromatic carbocycles. The van der Waals surface area contributed by atoms with E-state index in [9.17, 15) is 9.59 Å². The number of carbonyl (C=O) groups excluding carboxylic acids is 2. The number of carbonyl (C=O) groups is 2. The second-order valence-corrected chi connectivity index (χ2v) is 5.68. The van der Waals surface area contributed by atoms with Crippen molar-refractivity contribution >= 4 is 11.9 Å². The number of nitrogens with one attached hydrogen (secondary N) is 1. The summed E-state index contributed by atoms with van der Waals surface area (Å²) in [7, 11) is 0. The van der Waals surface area contributed by atoms with Gasteiger partial charge in [-0.25, -0.2) is 0 Å². The lowest BCUT2D eigenvalue weighted by atomic mass is 9.97. The zero-order valence-corrected chi connectivity index (χ0v) is 14.1. The second kappa shape index (κ2) is 8.87. The van der Waals surface area contributed by atoms with Gasteiger partial charge in [-0.15, -0.1) is 0 Å². The molecule has 4 nitrogen and oxygen atoms in total. The molecule has 126 valence electrons. The Hall–Kier alpha value is -2.62. The molecule has 0 saturated carbocycles. The lowest BCUT2D eigenvalue weighted by molar-refractivity contribution is -0.150. The fourth-order valence-electron chi connectivity index (χ4n) is 2.51. The molecule has 0 aliphatic heterocycles. The lowest BCUT2D eigenvalue weighted by Gasteiger charge is -2.14. The minimum atomic E-state index is -0.366. The third kappa shape index (κ3) is 4.95. The fraction of sp³-hybridized carbons (Fsp3) is 0.300. The highest BCUT2D eigenvalue weighted by molar-refractivity contribution is 5.83. The molecule has 1 atom stereocenters. The third-order valence-corrected chi connectivity index (χ3v) is 3.98. The van der Waals surface area contributed by atoms with E-state index in [0.29, 0.717) is 13.0 Å². The lowest BCUT2D eigenvalue weighted by Crippen LogP contribution is -2.29. The topological polar surface area (TPSA) is 55.4 Å². The Morgan fingerprint density at radius 2 is 1.71 bits per heavy atom. The molecule has 2 aromatic rings. The number of amides is 1. The molecule has 1 amide bonds. The molecule has 0 unspecified atom stereocenters. The number of hydrogen-bond acceptors (Lipinski definition) is 3. The summed E-state index contributed by atoms with van der Waals surface area (Å²) in [5.41, 5.74) is 3.07. The molecule has 0 radical (unpaired) electrons. The number of rotatable bonds is 7. The Morgan fingerprint density at radius 1 is 1.04 bits per heavy atom. The Kier molecular flexibility index (Phi) is 6.55. The average molecular weight is 325 g/mol. The maximum Gasteiger partial charge on any atom is 0.313 e. The largest absolute Gasteiger partial charge is 0.455 e. The highest BCUT2D eigenvalue weighted by Gasteiger charge is 2.20. The first-order valence-electron chi connectivity index (χ1n) is 8.14. The first-order chi connectivity index (χ1) is 11.6. The zero-order valence-electron chi connectivity index (χ0n) is 14.1. The van der Waals surface area contributed by atoms with E-state index in [2.05, 4.69) is 5.32 Å². The van der Waals surface area contributed by atoms with Crippen molar-refractivity contribution in [3.8, 4) is 0 Å². The van der Waals surface area contributed by atoms with E-state index in [-0.39, 0.29) is 24.4 Å². The number of hydrogen-bond donors (Lipinski definition) is 1. The van der Waals surface area contributed by atoms with Gasteiger partial charge in [0.15, 0.2) is 6.61 Å². The van der Waals surface area contributed by atoms with Gasteiger partial charge in [-0.3, -0.25) is 9.59 Å². The normalized spacial score (nSPS) is 11.6. The molecule has 0 fully saturated rings. The van der Waals surface area contributed by atoms with Gasteiger partial charge in [0.2, 0.25) is 0 Å². The van der Waals surface area contributed by atoms with E-state index in [1.807, 2.05) is 68.4 Å². The van der Waals surface area contributed by atoms with Crippen LogP contribution in [0.25, 0.3) is 0 Å². The van der Waals surface area contributed by atoms with Crippen molar-refractivity contribution in [2.24, 2.45) is 0 Å². The highest BCUT2D eigenvalue weighted by Crippen LogP contribution is 2.20. The van der Waals surface area contributed by atoms with Crippen LogP contribution in [0.2, 0.25) is 0 Å². The van der Waals surface area contributed by atoms with Crippen LogP contribution in [0.15, 0.2) is 54.6 Å². The highest BCUT2D eigenvalue weighted by atomic mass is 16.5. The second-order valence-electron chi connectivity index (χ2n) is 5.68. The van der Waals surface area contributed by atoms with Gasteiger partial charge in [0.25, 0.3) is 5.91 Å². The van der Waals surface area contributed by atoms with Crippen molar-refractivity contribution in [2.75, 3.05) is 6.61 Å². The number of benzene rings is 2. The minimum Gasteiger partial charge on any atom is -0.455 e. The predicted octanol–water partition coefficient (Wildman–Crippen LogP) is 3.35. The van der Waals surface area contributed by atoms with Crippen LogP contribution in [-0.4, -0.2) is 18.5 Å². The number of aryl methyl sites for hydroxylation is 1. The van der Waals surface area contributed by atoms with Gasteiger partial charge >= 0.3 is 5.97 Å². The Morgan fingerprint density at radius 3 is 2.38 bits per heavy atom. The molecule has 1 N–H and O–H groups in total. The third-order valence-electron chi connectivity index (χ3n) is 3.98. The van der Waals surface area contributed by atoms with Crippen molar-refractivity contribution in [2.45, 2.75) is 32.7 Å². The minimum absolute atomic E-state index is 0.256. The van der Waals surface area contributed by atoms with E-state index >= 15 is 0 Å². The van der Waals surface area contributed by atoms with Gasteiger partial charge in [-0.05, 0) is 30.0 Å². The molecule has 0 aliphatic rings. The van der Waals surface area contributed by atoms with E-state index < -0.39 is 0 Å². The van der Waals surface area contributed by atoms with Gasteiger partial charge in [0.05, 0.1) is 5.92 Å². The Labute approximate surface area is 142 Å².